The molecule has 9 heteroatoms. The Morgan fingerprint density at radius 2 is 1.92 bits per heavy atom. The molecule has 0 aromatic carbocycles. The van der Waals surface area contributed by atoms with Crippen LogP contribution in [0.4, 0.5) is 0 Å². The molecule has 8 atom stereocenters. The quantitative estimate of drug-likeness (QED) is 0.113. The summed E-state index contributed by atoms with van der Waals surface area (Å²) in [6.07, 6.45) is 12.6. The first-order valence-electron chi connectivity index (χ1n) is 14.0. The molecule has 0 aliphatic carbocycles. The van der Waals surface area contributed by atoms with Crippen molar-refractivity contribution in [2.45, 2.75) is 109 Å². The molecule has 218 valence electrons. The Bertz CT molecular complexity index is 956. The number of ether oxygens (including phenoxy) is 4. The van der Waals surface area contributed by atoms with Crippen LogP contribution in [0.2, 0.25) is 0 Å². The van der Waals surface area contributed by atoms with Gasteiger partial charge in [0.15, 0.2) is 0 Å². The van der Waals surface area contributed by atoms with Crippen molar-refractivity contribution in [1.82, 2.24) is 16.2 Å². The summed E-state index contributed by atoms with van der Waals surface area (Å²) in [4.78, 5) is 24.4. The summed E-state index contributed by atoms with van der Waals surface area (Å²) in [6.45, 7) is 14.4. The van der Waals surface area contributed by atoms with Gasteiger partial charge in [-0.1, -0.05) is 37.3 Å². The van der Waals surface area contributed by atoms with Crippen LogP contribution in [-0.4, -0.2) is 67.6 Å². The van der Waals surface area contributed by atoms with Gasteiger partial charge in [0, 0.05) is 26.0 Å². The first-order chi connectivity index (χ1) is 18.5. The number of amides is 2. The molecular weight excluding hydrogens is 498 g/mol. The summed E-state index contributed by atoms with van der Waals surface area (Å²) >= 11 is 0. The van der Waals surface area contributed by atoms with Gasteiger partial charge in [0.1, 0.15) is 6.10 Å². The van der Waals surface area contributed by atoms with Crippen molar-refractivity contribution in [2.75, 3.05) is 13.7 Å². The molecule has 9 nitrogen and oxygen atoms in total. The van der Waals surface area contributed by atoms with E-state index < -0.39 is 0 Å². The van der Waals surface area contributed by atoms with Crippen LogP contribution in [0, 0.1) is 5.92 Å². The normalized spacial score (nSPS) is 33.7. The molecule has 3 heterocycles. The highest BCUT2D eigenvalue weighted by molar-refractivity contribution is 5.87. The van der Waals surface area contributed by atoms with E-state index in [9.17, 15) is 9.59 Å². The zero-order valence-electron chi connectivity index (χ0n) is 24.3. The maximum absolute atomic E-state index is 12.4. The molecule has 3 rings (SSSR count). The lowest BCUT2D eigenvalue weighted by molar-refractivity contribution is -0.128. The SMILES string of the molecule is C=C(C)O[C@@H](C)/C=C\C(=O)NC1C[C@H](C)[C@H](C/C=C(C)/C=C/[C@@H]2C[C@]3(CO3)C[C@@H](CC(=O)NNC)O2)O[C@@H]1C. The smallest absolute Gasteiger partial charge is 0.244 e. The third-order valence-corrected chi connectivity index (χ3v) is 7.47. The molecule has 1 spiro atoms. The Labute approximate surface area is 233 Å². The van der Waals surface area contributed by atoms with Crippen LogP contribution in [0.5, 0.6) is 0 Å². The van der Waals surface area contributed by atoms with Crippen LogP contribution in [0.15, 0.2) is 48.3 Å². The van der Waals surface area contributed by atoms with Crippen LogP contribution < -0.4 is 16.2 Å². The maximum Gasteiger partial charge on any atom is 0.244 e. The zero-order valence-corrected chi connectivity index (χ0v) is 24.3. The monoisotopic (exact) mass is 545 g/mol. The summed E-state index contributed by atoms with van der Waals surface area (Å²) < 4.78 is 23.7. The van der Waals surface area contributed by atoms with Crippen molar-refractivity contribution in [3.05, 3.63) is 48.3 Å². The third kappa shape index (κ3) is 10.2. The standard InChI is InChI=1S/C30H47N3O6/c1-19(2)37-22(5)10-13-28(34)32-26-14-21(4)27(38-23(26)6)12-9-20(3)8-11-24-16-30(18-36-30)17-25(39-24)15-29(35)33-31-7/h8-11,13,21-27,31H,1,12,14-18H2,2-7H3,(H,32,34)(H,33,35)/b11-8+,13-10-,20-9+/t21-,22-,23+,24+,25+,26?,27-,30+/m0/s1. The Morgan fingerprint density at radius 3 is 2.59 bits per heavy atom. The summed E-state index contributed by atoms with van der Waals surface area (Å²) in [5.74, 6) is 0.681. The van der Waals surface area contributed by atoms with Gasteiger partial charge in [-0.05, 0) is 52.5 Å². The van der Waals surface area contributed by atoms with Crippen molar-refractivity contribution < 1.29 is 28.5 Å². The molecule has 1 unspecified atom stereocenters. The van der Waals surface area contributed by atoms with Gasteiger partial charge in [0.2, 0.25) is 11.8 Å². The van der Waals surface area contributed by atoms with Crippen LogP contribution >= 0.6 is 0 Å². The van der Waals surface area contributed by atoms with Crippen LogP contribution in [0.25, 0.3) is 0 Å². The second-order valence-electron chi connectivity index (χ2n) is 11.3. The van der Waals surface area contributed by atoms with Crippen molar-refractivity contribution in [2.24, 2.45) is 5.92 Å². The molecule has 0 radical (unpaired) electrons. The van der Waals surface area contributed by atoms with Crippen molar-refractivity contribution >= 4 is 11.8 Å². The number of hydrogen-bond acceptors (Lipinski definition) is 7. The number of rotatable bonds is 12. The minimum atomic E-state index is -0.209. The molecule has 0 bridgehead atoms. The third-order valence-electron chi connectivity index (χ3n) is 7.47. The van der Waals surface area contributed by atoms with Crippen molar-refractivity contribution in [3.63, 3.8) is 0 Å². The second kappa shape index (κ2) is 14.3. The van der Waals surface area contributed by atoms with Crippen molar-refractivity contribution in [1.29, 1.82) is 0 Å². The van der Waals surface area contributed by atoms with E-state index in [0.29, 0.717) is 18.1 Å². The minimum Gasteiger partial charge on any atom is -0.492 e. The predicted octanol–water partition coefficient (Wildman–Crippen LogP) is 3.63. The summed E-state index contributed by atoms with van der Waals surface area (Å²) in [6, 6.07) is -0.0423. The molecule has 3 saturated heterocycles. The zero-order chi connectivity index (χ0) is 28.6. The Balaban J connectivity index is 1.46. The van der Waals surface area contributed by atoms with E-state index in [4.69, 9.17) is 18.9 Å². The topological polar surface area (TPSA) is 110 Å². The van der Waals surface area contributed by atoms with Crippen LogP contribution in [0.3, 0.4) is 0 Å². The summed E-state index contributed by atoms with van der Waals surface area (Å²) in [5.41, 5.74) is 6.27. The Morgan fingerprint density at radius 1 is 1.18 bits per heavy atom. The average Bonchev–Trinajstić information content (AvgIpc) is 3.59. The van der Waals surface area contributed by atoms with E-state index in [1.54, 1.807) is 20.0 Å². The van der Waals surface area contributed by atoms with Gasteiger partial charge < -0.3 is 24.3 Å². The van der Waals surface area contributed by atoms with Crippen LogP contribution in [0.1, 0.15) is 66.7 Å². The van der Waals surface area contributed by atoms with Gasteiger partial charge in [-0.3, -0.25) is 15.0 Å². The van der Waals surface area contributed by atoms with Gasteiger partial charge in [-0.2, -0.15) is 0 Å². The molecule has 0 saturated carbocycles. The van der Waals surface area contributed by atoms with E-state index in [1.165, 1.54) is 6.08 Å². The molecule has 0 aromatic heterocycles. The molecule has 3 aliphatic rings. The maximum atomic E-state index is 12.4. The van der Waals surface area contributed by atoms with E-state index in [-0.39, 0.29) is 54.0 Å². The fourth-order valence-corrected chi connectivity index (χ4v) is 5.33. The first kappa shape index (κ1) is 31.1. The average molecular weight is 546 g/mol. The van der Waals surface area contributed by atoms with Gasteiger partial charge in [-0.15, -0.1) is 0 Å². The Hall–Kier alpha value is -2.46. The molecule has 0 aromatic rings. The lowest BCUT2D eigenvalue weighted by Crippen LogP contribution is -2.50. The van der Waals surface area contributed by atoms with Gasteiger partial charge in [-0.25, -0.2) is 5.43 Å². The van der Waals surface area contributed by atoms with Gasteiger partial charge in [0.25, 0.3) is 0 Å². The highest BCUT2D eigenvalue weighted by Gasteiger charge is 2.51. The Kier molecular flexibility index (Phi) is 11.4. The number of hydrogen-bond donors (Lipinski definition) is 3. The molecule has 3 fully saturated rings. The van der Waals surface area contributed by atoms with E-state index in [2.05, 4.69) is 54.8 Å². The lowest BCUT2D eigenvalue weighted by Gasteiger charge is -2.39. The molecule has 3 N–H and O–H groups in total. The number of hydrazine groups is 1. The van der Waals surface area contributed by atoms with Crippen molar-refractivity contribution in [3.8, 4) is 0 Å². The van der Waals surface area contributed by atoms with Crippen LogP contribution in [-0.2, 0) is 28.5 Å². The van der Waals surface area contributed by atoms with E-state index in [1.807, 2.05) is 13.8 Å². The summed E-state index contributed by atoms with van der Waals surface area (Å²) in [5, 5.41) is 3.08. The molecule has 39 heavy (non-hydrogen) atoms. The molecular formula is C30H47N3O6. The fraction of sp³-hybridized carbons (Fsp3) is 0.667. The van der Waals surface area contributed by atoms with Gasteiger partial charge in [0.05, 0.1) is 54.8 Å². The number of carbonyl (C=O) groups is 2. The second-order valence-corrected chi connectivity index (χ2v) is 11.3. The largest absolute Gasteiger partial charge is 0.492 e. The minimum absolute atomic E-state index is 0.0423. The molecule has 2 amide bonds. The highest BCUT2D eigenvalue weighted by Crippen LogP contribution is 2.43. The number of nitrogens with one attached hydrogen (secondary N) is 3. The van der Waals surface area contributed by atoms with E-state index >= 15 is 0 Å². The predicted molar refractivity (Wildman–Crippen MR) is 150 cm³/mol. The number of epoxide rings is 1. The molecule has 3 aliphatic heterocycles. The van der Waals surface area contributed by atoms with E-state index in [0.717, 1.165) is 37.9 Å². The number of carbonyl (C=O) groups excluding carboxylic acids is 2. The lowest BCUT2D eigenvalue weighted by atomic mass is 9.88. The van der Waals surface area contributed by atoms with Gasteiger partial charge >= 0.3 is 0 Å². The summed E-state index contributed by atoms with van der Waals surface area (Å²) in [7, 11) is 1.67. The fourth-order valence-electron chi connectivity index (χ4n) is 5.33. The first-order valence-corrected chi connectivity index (χ1v) is 14.0. The highest BCUT2D eigenvalue weighted by atomic mass is 16.6. The number of allylic oxidation sites excluding steroid dienone is 3.